The lowest BCUT2D eigenvalue weighted by molar-refractivity contribution is -0.137. The zero-order chi connectivity index (χ0) is 13.3. The number of nitrogens with one attached hydrogen (secondary N) is 1. The van der Waals surface area contributed by atoms with Crippen LogP contribution in [0.15, 0.2) is 0 Å². The molecule has 0 radical (unpaired) electrons. The highest BCUT2D eigenvalue weighted by molar-refractivity contribution is 5.94. The van der Waals surface area contributed by atoms with Crippen LogP contribution in [0.1, 0.15) is 25.7 Å². The molecular formula is C10H15N3O4. The Morgan fingerprint density at radius 2 is 2.00 bits per heavy atom. The van der Waals surface area contributed by atoms with Crippen molar-refractivity contribution in [2.45, 2.75) is 25.7 Å². The molecular weight excluding hydrogens is 226 g/mol. The number of nitrogens with zero attached hydrogens (tertiary/aromatic N) is 2. The molecule has 94 valence electrons. The van der Waals surface area contributed by atoms with E-state index in [-0.39, 0.29) is 32.2 Å². The van der Waals surface area contributed by atoms with E-state index in [4.69, 9.17) is 10.4 Å². The van der Waals surface area contributed by atoms with Gasteiger partial charge in [-0.3, -0.25) is 14.9 Å². The fourth-order valence-corrected chi connectivity index (χ4v) is 0.997. The molecule has 0 aliphatic carbocycles. The Balaban J connectivity index is 3.83. The normalized spacial score (nSPS) is 9.18. The van der Waals surface area contributed by atoms with Crippen molar-refractivity contribution in [3.8, 4) is 6.07 Å². The molecule has 0 saturated heterocycles. The summed E-state index contributed by atoms with van der Waals surface area (Å²) in [6, 6.07) is 1.30. The molecule has 0 unspecified atom stereocenters. The topological polar surface area (TPSA) is 111 Å². The molecule has 0 aliphatic rings. The third-order valence-corrected chi connectivity index (χ3v) is 1.95. The van der Waals surface area contributed by atoms with E-state index in [0.29, 0.717) is 0 Å². The summed E-state index contributed by atoms with van der Waals surface area (Å²) >= 11 is 0. The van der Waals surface area contributed by atoms with Gasteiger partial charge in [0.2, 0.25) is 5.91 Å². The molecule has 7 nitrogen and oxygen atoms in total. The maximum absolute atomic E-state index is 11.3. The van der Waals surface area contributed by atoms with Gasteiger partial charge in [-0.15, -0.1) is 0 Å². The number of nitriles is 1. The van der Waals surface area contributed by atoms with Crippen molar-refractivity contribution in [1.82, 2.24) is 10.2 Å². The summed E-state index contributed by atoms with van der Waals surface area (Å²) in [6.45, 7) is 0.241. The number of carboxylic acid groups (broad SMARTS) is 1. The van der Waals surface area contributed by atoms with Gasteiger partial charge >= 0.3 is 12.0 Å². The summed E-state index contributed by atoms with van der Waals surface area (Å²) in [5, 5.41) is 18.8. The minimum Gasteiger partial charge on any atom is -0.481 e. The molecule has 0 fully saturated rings. The molecule has 2 N–H and O–H groups in total. The molecule has 3 amide bonds. The molecule has 17 heavy (non-hydrogen) atoms. The highest BCUT2D eigenvalue weighted by Gasteiger charge is 2.12. The third-order valence-electron chi connectivity index (χ3n) is 1.95. The minimum atomic E-state index is -0.977. The maximum Gasteiger partial charge on any atom is 0.323 e. The van der Waals surface area contributed by atoms with Crippen LogP contribution in [-0.4, -0.2) is 41.5 Å². The van der Waals surface area contributed by atoms with Crippen molar-refractivity contribution in [2.24, 2.45) is 0 Å². The van der Waals surface area contributed by atoms with Crippen molar-refractivity contribution < 1.29 is 19.5 Å². The van der Waals surface area contributed by atoms with Crippen molar-refractivity contribution in [1.29, 1.82) is 5.26 Å². The molecule has 0 atom stereocenters. The number of rotatable bonds is 6. The predicted molar refractivity (Wildman–Crippen MR) is 57.9 cm³/mol. The van der Waals surface area contributed by atoms with Gasteiger partial charge in [0.25, 0.3) is 0 Å². The summed E-state index contributed by atoms with van der Waals surface area (Å²) in [6.07, 6.45) is 0.267. The van der Waals surface area contributed by atoms with Gasteiger partial charge in [-0.1, -0.05) is 0 Å². The van der Waals surface area contributed by atoms with Crippen molar-refractivity contribution in [3.05, 3.63) is 0 Å². The molecule has 0 aromatic rings. The molecule has 0 rings (SSSR count). The van der Waals surface area contributed by atoms with Crippen LogP contribution in [-0.2, 0) is 9.59 Å². The van der Waals surface area contributed by atoms with Gasteiger partial charge in [0, 0.05) is 26.4 Å². The Morgan fingerprint density at radius 1 is 1.35 bits per heavy atom. The molecule has 0 aromatic heterocycles. The zero-order valence-electron chi connectivity index (χ0n) is 9.60. The second kappa shape index (κ2) is 8.10. The summed E-state index contributed by atoms with van der Waals surface area (Å²) in [7, 11) is 1.47. The van der Waals surface area contributed by atoms with Crippen molar-refractivity contribution in [2.75, 3.05) is 13.6 Å². The van der Waals surface area contributed by atoms with E-state index in [0.717, 1.165) is 0 Å². The van der Waals surface area contributed by atoms with E-state index < -0.39 is 17.9 Å². The molecule has 7 heteroatoms. The summed E-state index contributed by atoms with van der Waals surface area (Å²) in [4.78, 5) is 33.9. The first-order valence-corrected chi connectivity index (χ1v) is 5.11. The van der Waals surface area contributed by atoms with Crippen LogP contribution >= 0.6 is 0 Å². The highest BCUT2D eigenvalue weighted by Crippen LogP contribution is 1.96. The monoisotopic (exact) mass is 241 g/mol. The van der Waals surface area contributed by atoms with Crippen LogP contribution in [0, 0.1) is 11.3 Å². The standard InChI is InChI=1S/C10H15N3O4/c1-13(7-3-6-11)10(17)12-8(14)4-2-5-9(15)16/h2-5,7H2,1H3,(H,15,16)(H,12,14,17). The van der Waals surface area contributed by atoms with E-state index >= 15 is 0 Å². The first kappa shape index (κ1) is 14.9. The van der Waals surface area contributed by atoms with Gasteiger partial charge in [-0.05, 0) is 6.42 Å². The van der Waals surface area contributed by atoms with E-state index in [1.807, 2.05) is 6.07 Å². The highest BCUT2D eigenvalue weighted by atomic mass is 16.4. The summed E-state index contributed by atoms with van der Waals surface area (Å²) in [5.74, 6) is -1.49. The van der Waals surface area contributed by atoms with Crippen LogP contribution in [0.2, 0.25) is 0 Å². The second-order valence-electron chi connectivity index (χ2n) is 3.43. The number of aliphatic carboxylic acids is 1. The van der Waals surface area contributed by atoms with Crippen LogP contribution in [0.4, 0.5) is 4.79 Å². The van der Waals surface area contributed by atoms with Gasteiger partial charge in [0.15, 0.2) is 0 Å². The van der Waals surface area contributed by atoms with Crippen molar-refractivity contribution >= 4 is 17.9 Å². The average molecular weight is 241 g/mol. The summed E-state index contributed by atoms with van der Waals surface area (Å²) in [5.41, 5.74) is 0. The lowest BCUT2D eigenvalue weighted by Crippen LogP contribution is -2.41. The number of imide groups is 1. The van der Waals surface area contributed by atoms with Gasteiger partial charge in [0.1, 0.15) is 0 Å². The predicted octanol–water partition coefficient (Wildman–Crippen LogP) is 0.323. The number of carbonyl (C=O) groups excluding carboxylic acids is 2. The first-order chi connectivity index (χ1) is 7.97. The summed E-state index contributed by atoms with van der Waals surface area (Å²) < 4.78 is 0. The number of amides is 3. The molecule has 0 bridgehead atoms. The fourth-order valence-electron chi connectivity index (χ4n) is 0.997. The van der Waals surface area contributed by atoms with Crippen molar-refractivity contribution in [3.63, 3.8) is 0 Å². The smallest absolute Gasteiger partial charge is 0.323 e. The van der Waals surface area contributed by atoms with E-state index in [1.54, 1.807) is 0 Å². The Hall–Kier alpha value is -2.10. The SMILES string of the molecule is CN(CCC#N)C(=O)NC(=O)CCCC(=O)O. The third kappa shape index (κ3) is 7.79. The Bertz CT molecular complexity index is 335. The fraction of sp³-hybridized carbons (Fsp3) is 0.600. The molecule has 0 spiro atoms. The Labute approximate surface area is 99.0 Å². The van der Waals surface area contributed by atoms with E-state index in [9.17, 15) is 14.4 Å². The lowest BCUT2D eigenvalue weighted by Gasteiger charge is -2.15. The number of carbonyl (C=O) groups is 3. The van der Waals surface area contributed by atoms with Gasteiger partial charge in [0.05, 0.1) is 12.5 Å². The van der Waals surface area contributed by atoms with Crippen LogP contribution in [0.3, 0.4) is 0 Å². The second-order valence-corrected chi connectivity index (χ2v) is 3.43. The van der Waals surface area contributed by atoms with Gasteiger partial charge < -0.3 is 10.0 Å². The molecule has 0 heterocycles. The number of urea groups is 1. The van der Waals surface area contributed by atoms with Crippen LogP contribution < -0.4 is 5.32 Å². The van der Waals surface area contributed by atoms with Gasteiger partial charge in [-0.2, -0.15) is 5.26 Å². The Kier molecular flexibility index (Phi) is 7.10. The van der Waals surface area contributed by atoms with Crippen LogP contribution in [0.25, 0.3) is 0 Å². The van der Waals surface area contributed by atoms with Gasteiger partial charge in [-0.25, -0.2) is 4.79 Å². The average Bonchev–Trinajstić information content (AvgIpc) is 2.25. The first-order valence-electron chi connectivity index (χ1n) is 5.11. The lowest BCUT2D eigenvalue weighted by atomic mass is 10.2. The Morgan fingerprint density at radius 3 is 2.53 bits per heavy atom. The minimum absolute atomic E-state index is 0.00979. The molecule has 0 saturated carbocycles. The number of carboxylic acids is 1. The van der Waals surface area contributed by atoms with E-state index in [1.165, 1.54) is 11.9 Å². The number of hydrogen-bond donors (Lipinski definition) is 2. The number of hydrogen-bond acceptors (Lipinski definition) is 4. The van der Waals surface area contributed by atoms with Crippen LogP contribution in [0.5, 0.6) is 0 Å². The quantitative estimate of drug-likeness (QED) is 0.695. The largest absolute Gasteiger partial charge is 0.481 e. The van der Waals surface area contributed by atoms with E-state index in [2.05, 4.69) is 5.32 Å². The molecule has 0 aromatic carbocycles. The zero-order valence-corrected chi connectivity index (χ0v) is 9.60. The molecule has 0 aliphatic heterocycles. The maximum atomic E-state index is 11.3.